The summed E-state index contributed by atoms with van der Waals surface area (Å²) in [6.45, 7) is 7.96. The summed E-state index contributed by atoms with van der Waals surface area (Å²) in [5.41, 5.74) is 6.02. The van der Waals surface area contributed by atoms with Gasteiger partial charge in [-0.1, -0.05) is 29.6 Å². The number of rotatable bonds is 6. The lowest BCUT2D eigenvalue weighted by molar-refractivity contribution is 0.899. The normalized spacial score (nSPS) is 10.9. The Balaban J connectivity index is 1.62. The minimum Gasteiger partial charge on any atom is -0.256 e. The van der Waals surface area contributed by atoms with E-state index in [1.165, 1.54) is 0 Å². The Kier molecular flexibility index (Phi) is 6.21. The summed E-state index contributed by atoms with van der Waals surface area (Å²) >= 11 is 3.23. The monoisotopic (exact) mass is 383 g/mol. The molecule has 0 saturated heterocycles. The molecule has 3 aromatic rings. The van der Waals surface area contributed by atoms with Crippen molar-refractivity contribution in [1.29, 1.82) is 0 Å². The van der Waals surface area contributed by atoms with Crippen molar-refractivity contribution in [1.82, 2.24) is 24.9 Å². The number of hydrogen-bond acceptors (Lipinski definition) is 7. The molecular formula is C19H21N5S2. The fourth-order valence-corrected chi connectivity index (χ4v) is 4.19. The quantitative estimate of drug-likeness (QED) is 0.459. The lowest BCUT2D eigenvalue weighted by atomic mass is 10.3. The first-order valence-corrected chi connectivity index (χ1v) is 10.3. The van der Waals surface area contributed by atoms with E-state index in [9.17, 15) is 0 Å². The average molecular weight is 384 g/mol. The third-order valence-electron chi connectivity index (χ3n) is 3.49. The van der Waals surface area contributed by atoms with Crippen molar-refractivity contribution in [3.05, 3.63) is 64.5 Å². The van der Waals surface area contributed by atoms with Crippen LogP contribution in [0.15, 0.2) is 40.6 Å². The maximum absolute atomic E-state index is 4.74. The summed E-state index contributed by atoms with van der Waals surface area (Å²) < 4.78 is 0. The van der Waals surface area contributed by atoms with Crippen molar-refractivity contribution in [2.24, 2.45) is 0 Å². The van der Waals surface area contributed by atoms with Crippen LogP contribution in [0.1, 0.15) is 34.2 Å². The highest BCUT2D eigenvalue weighted by Crippen LogP contribution is 2.22. The molecule has 0 atom stereocenters. The number of thioether (sulfide) groups is 2. The molecule has 0 bridgehead atoms. The molecule has 0 spiro atoms. The van der Waals surface area contributed by atoms with Crippen LogP contribution >= 0.6 is 23.5 Å². The number of hydrogen-bond donors (Lipinski definition) is 0. The van der Waals surface area contributed by atoms with Gasteiger partial charge in [-0.05, 0) is 52.0 Å². The van der Waals surface area contributed by atoms with Crippen molar-refractivity contribution >= 4 is 23.5 Å². The van der Waals surface area contributed by atoms with Gasteiger partial charge in [0.05, 0.1) is 11.4 Å². The summed E-state index contributed by atoms with van der Waals surface area (Å²) in [7, 11) is 0. The topological polar surface area (TPSA) is 64.5 Å². The second kappa shape index (κ2) is 8.60. The molecule has 3 aromatic heterocycles. The van der Waals surface area contributed by atoms with Crippen molar-refractivity contribution in [2.45, 2.75) is 49.5 Å². The molecule has 0 amide bonds. The van der Waals surface area contributed by atoms with Crippen LogP contribution in [0.4, 0.5) is 0 Å². The SMILES string of the molecule is Cc1cc(C)nc(SCc2cccc(CSc3nc(C)cc(C)n3)n2)n1. The van der Waals surface area contributed by atoms with Crippen molar-refractivity contribution in [3.8, 4) is 0 Å². The van der Waals surface area contributed by atoms with E-state index in [1.807, 2.05) is 58.0 Å². The smallest absolute Gasteiger partial charge is 0.188 e. The van der Waals surface area contributed by atoms with E-state index in [0.717, 1.165) is 56.0 Å². The zero-order valence-electron chi connectivity index (χ0n) is 15.4. The van der Waals surface area contributed by atoms with E-state index in [4.69, 9.17) is 4.98 Å². The summed E-state index contributed by atoms with van der Waals surface area (Å²) in [4.78, 5) is 22.6. The van der Waals surface area contributed by atoms with Crippen LogP contribution in [-0.2, 0) is 11.5 Å². The van der Waals surface area contributed by atoms with Gasteiger partial charge >= 0.3 is 0 Å². The van der Waals surface area contributed by atoms with E-state index < -0.39 is 0 Å². The Morgan fingerprint density at radius 3 is 1.38 bits per heavy atom. The number of aryl methyl sites for hydroxylation is 4. The zero-order valence-corrected chi connectivity index (χ0v) is 17.0. The van der Waals surface area contributed by atoms with E-state index in [0.29, 0.717) is 0 Å². The van der Waals surface area contributed by atoms with E-state index >= 15 is 0 Å². The molecule has 0 fully saturated rings. The largest absolute Gasteiger partial charge is 0.256 e. The van der Waals surface area contributed by atoms with Crippen LogP contribution in [0.5, 0.6) is 0 Å². The highest BCUT2D eigenvalue weighted by molar-refractivity contribution is 7.98. The second-order valence-electron chi connectivity index (χ2n) is 6.06. The van der Waals surface area contributed by atoms with Gasteiger partial charge in [-0.15, -0.1) is 0 Å². The van der Waals surface area contributed by atoms with Crippen molar-refractivity contribution < 1.29 is 0 Å². The first kappa shape index (κ1) is 18.8. The molecule has 134 valence electrons. The fourth-order valence-electron chi connectivity index (χ4n) is 2.48. The average Bonchev–Trinajstić information content (AvgIpc) is 2.57. The van der Waals surface area contributed by atoms with E-state index in [-0.39, 0.29) is 0 Å². The maximum atomic E-state index is 4.74. The van der Waals surface area contributed by atoms with Crippen LogP contribution in [0.25, 0.3) is 0 Å². The first-order valence-electron chi connectivity index (χ1n) is 8.33. The second-order valence-corrected chi connectivity index (χ2v) is 7.95. The Hall–Kier alpha value is -1.99. The molecule has 0 aliphatic rings. The number of pyridine rings is 1. The minimum absolute atomic E-state index is 0.751. The summed E-state index contributed by atoms with van der Waals surface area (Å²) in [6, 6.07) is 10.1. The zero-order chi connectivity index (χ0) is 18.5. The summed E-state index contributed by atoms with van der Waals surface area (Å²) in [6.07, 6.45) is 0. The highest BCUT2D eigenvalue weighted by atomic mass is 32.2. The van der Waals surface area contributed by atoms with Crippen molar-refractivity contribution in [3.63, 3.8) is 0 Å². The van der Waals surface area contributed by atoms with Gasteiger partial charge in [-0.25, -0.2) is 19.9 Å². The highest BCUT2D eigenvalue weighted by Gasteiger charge is 2.06. The molecule has 26 heavy (non-hydrogen) atoms. The van der Waals surface area contributed by atoms with Gasteiger partial charge in [0.1, 0.15) is 0 Å². The predicted molar refractivity (Wildman–Crippen MR) is 106 cm³/mol. The number of nitrogens with zero attached hydrogens (tertiary/aromatic N) is 5. The van der Waals surface area contributed by atoms with Crippen LogP contribution in [0.2, 0.25) is 0 Å². The van der Waals surface area contributed by atoms with E-state index in [1.54, 1.807) is 23.5 Å². The molecular weight excluding hydrogens is 362 g/mol. The third-order valence-corrected chi connectivity index (χ3v) is 5.25. The lowest BCUT2D eigenvalue weighted by Crippen LogP contribution is -1.97. The Bertz CT molecular complexity index is 803. The molecule has 0 aromatic carbocycles. The molecule has 0 unspecified atom stereocenters. The molecule has 0 N–H and O–H groups in total. The van der Waals surface area contributed by atoms with Crippen LogP contribution in [0, 0.1) is 27.7 Å². The standard InChI is InChI=1S/C19H21N5S2/c1-12-8-13(2)21-18(20-12)25-10-16-6-5-7-17(24-16)11-26-19-22-14(3)9-15(4)23-19/h5-9H,10-11H2,1-4H3. The molecule has 3 heterocycles. The van der Waals surface area contributed by atoms with Gasteiger partial charge in [-0.2, -0.15) is 0 Å². The Morgan fingerprint density at radius 1 is 0.615 bits per heavy atom. The number of aromatic nitrogens is 5. The molecule has 0 aliphatic heterocycles. The first-order chi connectivity index (χ1) is 12.5. The predicted octanol–water partition coefficient (Wildman–Crippen LogP) is 4.48. The molecule has 0 radical (unpaired) electrons. The molecule has 5 nitrogen and oxygen atoms in total. The molecule has 0 aliphatic carbocycles. The minimum atomic E-state index is 0.751. The van der Waals surface area contributed by atoms with Gasteiger partial charge < -0.3 is 0 Å². The van der Waals surface area contributed by atoms with Gasteiger partial charge in [-0.3, -0.25) is 4.98 Å². The lowest BCUT2D eigenvalue weighted by Gasteiger charge is -2.06. The summed E-state index contributed by atoms with van der Waals surface area (Å²) in [5.74, 6) is 1.50. The van der Waals surface area contributed by atoms with Gasteiger partial charge in [0.15, 0.2) is 10.3 Å². The third kappa shape index (κ3) is 5.51. The van der Waals surface area contributed by atoms with Crippen LogP contribution in [0.3, 0.4) is 0 Å². The molecule has 0 saturated carbocycles. The van der Waals surface area contributed by atoms with Gasteiger partial charge in [0.25, 0.3) is 0 Å². The molecule has 3 rings (SSSR count). The van der Waals surface area contributed by atoms with Crippen LogP contribution < -0.4 is 0 Å². The van der Waals surface area contributed by atoms with Gasteiger partial charge in [0, 0.05) is 34.3 Å². The van der Waals surface area contributed by atoms with Crippen molar-refractivity contribution in [2.75, 3.05) is 0 Å². The summed E-state index contributed by atoms with van der Waals surface area (Å²) in [5, 5.41) is 1.60. The van der Waals surface area contributed by atoms with Crippen LogP contribution in [-0.4, -0.2) is 24.9 Å². The van der Waals surface area contributed by atoms with Gasteiger partial charge in [0.2, 0.25) is 0 Å². The maximum Gasteiger partial charge on any atom is 0.188 e. The Morgan fingerprint density at radius 2 is 1.00 bits per heavy atom. The van der Waals surface area contributed by atoms with E-state index in [2.05, 4.69) is 19.9 Å². The fraction of sp³-hybridized carbons (Fsp3) is 0.316. The Labute approximate surface area is 162 Å². The molecule has 7 heteroatoms.